The summed E-state index contributed by atoms with van der Waals surface area (Å²) in [6, 6.07) is 7.08. The molecule has 0 saturated carbocycles. The standard InChI is InChI=1S/C16H26N4O2.2ClH/c1-12(17)9-15(21)19-11-13-5-4-6-14(10-13)16(22)18-7-8-20(2)3;;/h4-6,10,12H,7-9,11,17H2,1-3H3,(H,18,22)(H,19,21);2*1H. The van der Waals surface area contributed by atoms with Gasteiger partial charge in [-0.25, -0.2) is 0 Å². The van der Waals surface area contributed by atoms with E-state index in [4.69, 9.17) is 5.73 Å². The third-order valence-corrected chi connectivity index (χ3v) is 3.03. The first kappa shape index (κ1) is 24.9. The molecule has 1 atom stereocenters. The van der Waals surface area contributed by atoms with Gasteiger partial charge in [0.2, 0.25) is 5.91 Å². The number of amides is 2. The summed E-state index contributed by atoms with van der Waals surface area (Å²) in [4.78, 5) is 25.6. The Morgan fingerprint density at radius 2 is 1.88 bits per heavy atom. The van der Waals surface area contributed by atoms with Gasteiger partial charge in [-0.1, -0.05) is 12.1 Å². The average molecular weight is 379 g/mol. The van der Waals surface area contributed by atoms with Crippen molar-refractivity contribution in [1.82, 2.24) is 15.5 Å². The predicted molar refractivity (Wildman–Crippen MR) is 102 cm³/mol. The van der Waals surface area contributed by atoms with E-state index in [9.17, 15) is 9.59 Å². The highest BCUT2D eigenvalue weighted by Gasteiger charge is 2.08. The second-order valence-corrected chi connectivity index (χ2v) is 5.72. The SMILES string of the molecule is CC(N)CC(=O)NCc1cccc(C(=O)NCCN(C)C)c1.Cl.Cl. The first-order chi connectivity index (χ1) is 10.4. The van der Waals surface area contributed by atoms with Crippen LogP contribution in [0.25, 0.3) is 0 Å². The summed E-state index contributed by atoms with van der Waals surface area (Å²) in [5, 5.41) is 5.66. The Bertz CT molecular complexity index is 511. The summed E-state index contributed by atoms with van der Waals surface area (Å²) in [5.41, 5.74) is 7.06. The van der Waals surface area contributed by atoms with Crippen LogP contribution in [-0.4, -0.2) is 49.9 Å². The van der Waals surface area contributed by atoms with Crippen LogP contribution in [0.1, 0.15) is 29.3 Å². The number of halogens is 2. The molecule has 0 radical (unpaired) electrons. The van der Waals surface area contributed by atoms with Crippen LogP contribution in [0.2, 0.25) is 0 Å². The predicted octanol–water partition coefficient (Wildman–Crippen LogP) is 1.18. The van der Waals surface area contributed by atoms with Gasteiger partial charge in [-0.2, -0.15) is 0 Å². The summed E-state index contributed by atoms with van der Waals surface area (Å²) >= 11 is 0. The van der Waals surface area contributed by atoms with Gasteiger partial charge < -0.3 is 21.3 Å². The van der Waals surface area contributed by atoms with Crippen LogP contribution in [0.15, 0.2) is 24.3 Å². The van der Waals surface area contributed by atoms with Crippen LogP contribution < -0.4 is 16.4 Å². The summed E-state index contributed by atoms with van der Waals surface area (Å²) in [7, 11) is 3.91. The van der Waals surface area contributed by atoms with Crippen molar-refractivity contribution >= 4 is 36.6 Å². The fourth-order valence-corrected chi connectivity index (χ4v) is 1.88. The second kappa shape index (κ2) is 13.0. The number of nitrogens with zero attached hydrogens (tertiary/aromatic N) is 1. The van der Waals surface area contributed by atoms with E-state index in [1.807, 2.05) is 31.1 Å². The van der Waals surface area contributed by atoms with E-state index in [1.54, 1.807) is 19.1 Å². The van der Waals surface area contributed by atoms with Crippen molar-refractivity contribution in [2.75, 3.05) is 27.2 Å². The molecule has 0 bridgehead atoms. The molecule has 4 N–H and O–H groups in total. The maximum absolute atomic E-state index is 12.0. The fraction of sp³-hybridized carbons (Fsp3) is 0.500. The number of likely N-dealkylation sites (N-methyl/N-ethyl adjacent to an activating group) is 1. The van der Waals surface area contributed by atoms with Crippen molar-refractivity contribution in [3.8, 4) is 0 Å². The second-order valence-electron chi connectivity index (χ2n) is 5.72. The smallest absolute Gasteiger partial charge is 0.251 e. The number of rotatable bonds is 8. The van der Waals surface area contributed by atoms with Gasteiger partial charge in [0.15, 0.2) is 0 Å². The Balaban J connectivity index is 0. The van der Waals surface area contributed by atoms with Crippen LogP contribution in [0.4, 0.5) is 0 Å². The molecule has 2 amide bonds. The van der Waals surface area contributed by atoms with Gasteiger partial charge in [-0.15, -0.1) is 24.8 Å². The highest BCUT2D eigenvalue weighted by atomic mass is 35.5. The van der Waals surface area contributed by atoms with Gasteiger partial charge in [-0.05, 0) is 38.7 Å². The lowest BCUT2D eigenvalue weighted by molar-refractivity contribution is -0.121. The monoisotopic (exact) mass is 378 g/mol. The maximum atomic E-state index is 12.0. The minimum absolute atomic E-state index is 0. The average Bonchev–Trinajstić information content (AvgIpc) is 2.44. The molecule has 6 nitrogen and oxygen atoms in total. The van der Waals surface area contributed by atoms with Crippen LogP contribution in [-0.2, 0) is 11.3 Å². The molecule has 1 aromatic carbocycles. The molecule has 0 spiro atoms. The van der Waals surface area contributed by atoms with E-state index in [0.717, 1.165) is 12.1 Å². The highest BCUT2D eigenvalue weighted by molar-refractivity contribution is 5.94. The molecule has 138 valence electrons. The Kier molecular flexibility index (Phi) is 13.5. The topological polar surface area (TPSA) is 87.5 Å². The normalized spacial score (nSPS) is 11.0. The van der Waals surface area contributed by atoms with Crippen molar-refractivity contribution in [1.29, 1.82) is 0 Å². The van der Waals surface area contributed by atoms with E-state index in [0.29, 0.717) is 25.1 Å². The molecule has 0 fully saturated rings. The van der Waals surface area contributed by atoms with E-state index in [-0.39, 0.29) is 42.7 Å². The molecule has 0 heterocycles. The van der Waals surface area contributed by atoms with E-state index >= 15 is 0 Å². The van der Waals surface area contributed by atoms with Gasteiger partial charge in [0, 0.05) is 37.7 Å². The molecular weight excluding hydrogens is 351 g/mol. The molecule has 0 aliphatic rings. The maximum Gasteiger partial charge on any atom is 0.251 e. The van der Waals surface area contributed by atoms with Crippen molar-refractivity contribution in [2.45, 2.75) is 25.9 Å². The Hall–Kier alpha value is -1.34. The van der Waals surface area contributed by atoms with E-state index in [1.165, 1.54) is 0 Å². The van der Waals surface area contributed by atoms with Crippen LogP contribution in [0.5, 0.6) is 0 Å². The summed E-state index contributed by atoms with van der Waals surface area (Å²) in [6.45, 7) is 3.57. The molecule has 24 heavy (non-hydrogen) atoms. The zero-order valence-electron chi connectivity index (χ0n) is 14.4. The zero-order valence-corrected chi connectivity index (χ0v) is 16.0. The van der Waals surface area contributed by atoms with Crippen LogP contribution in [0, 0.1) is 0 Å². The minimum atomic E-state index is -0.159. The van der Waals surface area contributed by atoms with Crippen LogP contribution in [0.3, 0.4) is 0 Å². The molecule has 0 aromatic heterocycles. The molecule has 0 saturated heterocycles. The minimum Gasteiger partial charge on any atom is -0.352 e. The summed E-state index contributed by atoms with van der Waals surface area (Å²) < 4.78 is 0. The Morgan fingerprint density at radius 3 is 2.46 bits per heavy atom. The number of carbonyl (C=O) groups is 2. The molecule has 0 aliphatic carbocycles. The van der Waals surface area contributed by atoms with E-state index < -0.39 is 0 Å². The molecule has 8 heteroatoms. The number of hydrogen-bond donors (Lipinski definition) is 3. The lowest BCUT2D eigenvalue weighted by Crippen LogP contribution is -2.31. The highest BCUT2D eigenvalue weighted by Crippen LogP contribution is 2.05. The third-order valence-electron chi connectivity index (χ3n) is 3.03. The number of hydrogen-bond acceptors (Lipinski definition) is 4. The number of nitrogens with two attached hydrogens (primary N) is 1. The quantitative estimate of drug-likeness (QED) is 0.633. The zero-order chi connectivity index (χ0) is 16.5. The Morgan fingerprint density at radius 1 is 1.21 bits per heavy atom. The summed E-state index contributed by atoms with van der Waals surface area (Å²) in [5.74, 6) is -0.193. The van der Waals surface area contributed by atoms with Crippen molar-refractivity contribution in [3.05, 3.63) is 35.4 Å². The molecule has 1 rings (SSSR count). The molecular formula is C16H28Cl2N4O2. The first-order valence-electron chi connectivity index (χ1n) is 7.42. The van der Waals surface area contributed by atoms with E-state index in [2.05, 4.69) is 10.6 Å². The summed E-state index contributed by atoms with van der Waals surface area (Å²) in [6.07, 6.45) is 0.296. The number of nitrogens with one attached hydrogen (secondary N) is 2. The van der Waals surface area contributed by atoms with Gasteiger partial charge >= 0.3 is 0 Å². The molecule has 1 aromatic rings. The van der Waals surface area contributed by atoms with Gasteiger partial charge in [0.1, 0.15) is 0 Å². The lowest BCUT2D eigenvalue weighted by Gasteiger charge is -2.11. The third kappa shape index (κ3) is 10.4. The first-order valence-corrected chi connectivity index (χ1v) is 7.42. The lowest BCUT2D eigenvalue weighted by atomic mass is 10.1. The molecule has 1 unspecified atom stereocenters. The molecule has 0 aliphatic heterocycles. The largest absolute Gasteiger partial charge is 0.352 e. The van der Waals surface area contributed by atoms with Gasteiger partial charge in [0.05, 0.1) is 0 Å². The number of carbonyl (C=O) groups excluding carboxylic acids is 2. The van der Waals surface area contributed by atoms with Crippen LogP contribution >= 0.6 is 24.8 Å². The number of benzene rings is 1. The van der Waals surface area contributed by atoms with Crippen molar-refractivity contribution in [2.24, 2.45) is 5.73 Å². The van der Waals surface area contributed by atoms with Crippen molar-refractivity contribution in [3.63, 3.8) is 0 Å². The van der Waals surface area contributed by atoms with Crippen molar-refractivity contribution < 1.29 is 9.59 Å². The Labute approximate surface area is 156 Å². The van der Waals surface area contributed by atoms with Gasteiger partial charge in [-0.3, -0.25) is 9.59 Å². The van der Waals surface area contributed by atoms with Gasteiger partial charge in [0.25, 0.3) is 5.91 Å². The fourth-order valence-electron chi connectivity index (χ4n) is 1.88.